The van der Waals surface area contributed by atoms with E-state index in [9.17, 15) is 9.59 Å². The van der Waals surface area contributed by atoms with Crippen molar-refractivity contribution in [2.75, 3.05) is 10.6 Å². The van der Waals surface area contributed by atoms with E-state index >= 15 is 0 Å². The van der Waals surface area contributed by atoms with Crippen molar-refractivity contribution in [1.82, 2.24) is 0 Å². The molecule has 0 bridgehead atoms. The van der Waals surface area contributed by atoms with Gasteiger partial charge in [0.05, 0.1) is 6.10 Å². The van der Waals surface area contributed by atoms with Crippen LogP contribution in [-0.2, 0) is 4.79 Å². The van der Waals surface area contributed by atoms with Gasteiger partial charge in [-0.25, -0.2) is 0 Å². The minimum Gasteiger partial charge on any atom is -0.491 e. The predicted molar refractivity (Wildman–Crippen MR) is 90.9 cm³/mol. The molecule has 23 heavy (non-hydrogen) atoms. The summed E-state index contributed by atoms with van der Waals surface area (Å²) in [5.74, 6) is 0.398. The summed E-state index contributed by atoms with van der Waals surface area (Å²) in [4.78, 5) is 23.2. The lowest BCUT2D eigenvalue weighted by Gasteiger charge is -2.10. The highest BCUT2D eigenvalue weighted by molar-refractivity contribution is 6.04. The highest BCUT2D eigenvalue weighted by atomic mass is 16.5. The quantitative estimate of drug-likeness (QED) is 0.885. The standard InChI is InChI=1S/C18H20N2O3/c1-12(2)23-17-10-4-14(5-11-17)18(22)20-16-8-6-15(7-9-16)19-13(3)21/h4-12H,1-3H3,(H,19,21)(H,20,22). The molecule has 2 amide bonds. The fraction of sp³-hybridized carbons (Fsp3) is 0.222. The summed E-state index contributed by atoms with van der Waals surface area (Å²) < 4.78 is 5.55. The first-order valence-corrected chi connectivity index (χ1v) is 7.40. The molecule has 0 aliphatic heterocycles. The van der Waals surface area contributed by atoms with Crippen molar-refractivity contribution in [2.24, 2.45) is 0 Å². The van der Waals surface area contributed by atoms with E-state index in [1.165, 1.54) is 6.92 Å². The molecule has 0 heterocycles. The van der Waals surface area contributed by atoms with Crippen molar-refractivity contribution in [1.29, 1.82) is 0 Å². The number of hydrogen-bond acceptors (Lipinski definition) is 3. The Balaban J connectivity index is 1.99. The van der Waals surface area contributed by atoms with Gasteiger partial charge in [0.2, 0.25) is 5.91 Å². The molecule has 2 aromatic rings. The molecular formula is C18H20N2O3. The van der Waals surface area contributed by atoms with Crippen LogP contribution in [0.15, 0.2) is 48.5 Å². The normalized spacial score (nSPS) is 10.3. The maximum absolute atomic E-state index is 12.2. The van der Waals surface area contributed by atoms with E-state index in [1.807, 2.05) is 13.8 Å². The van der Waals surface area contributed by atoms with Crippen LogP contribution in [0, 0.1) is 0 Å². The smallest absolute Gasteiger partial charge is 0.255 e. The summed E-state index contributed by atoms with van der Waals surface area (Å²) in [5, 5.41) is 5.48. The van der Waals surface area contributed by atoms with Crippen LogP contribution in [-0.4, -0.2) is 17.9 Å². The van der Waals surface area contributed by atoms with E-state index in [2.05, 4.69) is 10.6 Å². The summed E-state index contributed by atoms with van der Waals surface area (Å²) in [5.41, 5.74) is 1.89. The van der Waals surface area contributed by atoms with Gasteiger partial charge in [-0.15, -0.1) is 0 Å². The first-order chi connectivity index (χ1) is 10.9. The van der Waals surface area contributed by atoms with Gasteiger partial charge in [0.15, 0.2) is 0 Å². The minimum atomic E-state index is -0.201. The fourth-order valence-electron chi connectivity index (χ4n) is 2.00. The third kappa shape index (κ3) is 5.14. The van der Waals surface area contributed by atoms with Crippen molar-refractivity contribution in [2.45, 2.75) is 26.9 Å². The zero-order chi connectivity index (χ0) is 16.8. The topological polar surface area (TPSA) is 67.4 Å². The third-order valence-corrected chi connectivity index (χ3v) is 2.95. The molecule has 2 rings (SSSR count). The number of amides is 2. The lowest BCUT2D eigenvalue weighted by atomic mass is 10.2. The van der Waals surface area contributed by atoms with Gasteiger partial charge >= 0.3 is 0 Å². The Bertz CT molecular complexity index is 676. The van der Waals surface area contributed by atoms with E-state index in [0.29, 0.717) is 16.9 Å². The highest BCUT2D eigenvalue weighted by Gasteiger charge is 2.07. The lowest BCUT2D eigenvalue weighted by Crippen LogP contribution is -2.12. The summed E-state index contributed by atoms with van der Waals surface area (Å²) >= 11 is 0. The van der Waals surface area contributed by atoms with Gasteiger partial charge in [-0.1, -0.05) is 0 Å². The van der Waals surface area contributed by atoms with Gasteiger partial charge in [0, 0.05) is 23.9 Å². The second kappa shape index (κ2) is 7.45. The van der Waals surface area contributed by atoms with Crippen LogP contribution in [0.3, 0.4) is 0 Å². The maximum Gasteiger partial charge on any atom is 0.255 e. The first kappa shape index (κ1) is 16.5. The Kier molecular flexibility index (Phi) is 5.36. The number of hydrogen-bond donors (Lipinski definition) is 2. The molecule has 0 radical (unpaired) electrons. The second-order valence-corrected chi connectivity index (χ2v) is 5.40. The number of carbonyl (C=O) groups is 2. The molecule has 2 N–H and O–H groups in total. The molecular weight excluding hydrogens is 292 g/mol. The summed E-state index contributed by atoms with van der Waals surface area (Å²) in [7, 11) is 0. The van der Waals surface area contributed by atoms with Crippen LogP contribution < -0.4 is 15.4 Å². The van der Waals surface area contributed by atoms with E-state index in [0.717, 1.165) is 5.75 Å². The van der Waals surface area contributed by atoms with E-state index < -0.39 is 0 Å². The van der Waals surface area contributed by atoms with E-state index in [1.54, 1.807) is 48.5 Å². The number of nitrogens with one attached hydrogen (secondary N) is 2. The number of rotatable bonds is 5. The highest BCUT2D eigenvalue weighted by Crippen LogP contribution is 2.17. The molecule has 0 fully saturated rings. The van der Waals surface area contributed by atoms with Gasteiger partial charge < -0.3 is 15.4 Å². The van der Waals surface area contributed by atoms with Crippen LogP contribution in [0.25, 0.3) is 0 Å². The molecule has 5 nitrogen and oxygen atoms in total. The van der Waals surface area contributed by atoms with Gasteiger partial charge in [0.25, 0.3) is 5.91 Å². The largest absolute Gasteiger partial charge is 0.491 e. The Hall–Kier alpha value is -2.82. The molecule has 0 saturated heterocycles. The molecule has 0 aliphatic rings. The molecule has 0 atom stereocenters. The van der Waals surface area contributed by atoms with Crippen molar-refractivity contribution in [3.63, 3.8) is 0 Å². The number of benzene rings is 2. The van der Waals surface area contributed by atoms with Crippen LogP contribution in [0.1, 0.15) is 31.1 Å². The van der Waals surface area contributed by atoms with E-state index in [-0.39, 0.29) is 17.9 Å². The maximum atomic E-state index is 12.2. The monoisotopic (exact) mass is 312 g/mol. The molecule has 120 valence electrons. The zero-order valence-corrected chi connectivity index (χ0v) is 13.4. The molecule has 0 aromatic heterocycles. The summed E-state index contributed by atoms with van der Waals surface area (Å²) in [6.45, 7) is 5.35. The number of ether oxygens (including phenoxy) is 1. The number of anilines is 2. The lowest BCUT2D eigenvalue weighted by molar-refractivity contribution is -0.114. The van der Waals surface area contributed by atoms with Crippen molar-refractivity contribution in [3.8, 4) is 5.75 Å². The zero-order valence-electron chi connectivity index (χ0n) is 13.4. The average molecular weight is 312 g/mol. The molecule has 5 heteroatoms. The van der Waals surface area contributed by atoms with Crippen LogP contribution >= 0.6 is 0 Å². The SMILES string of the molecule is CC(=O)Nc1ccc(NC(=O)c2ccc(OC(C)C)cc2)cc1. The molecule has 0 saturated carbocycles. The van der Waals surface area contributed by atoms with Crippen LogP contribution in [0.4, 0.5) is 11.4 Å². The van der Waals surface area contributed by atoms with Crippen molar-refractivity contribution < 1.29 is 14.3 Å². The predicted octanol–water partition coefficient (Wildman–Crippen LogP) is 3.68. The molecule has 0 unspecified atom stereocenters. The first-order valence-electron chi connectivity index (χ1n) is 7.40. The van der Waals surface area contributed by atoms with Gasteiger partial charge in [-0.05, 0) is 62.4 Å². The Morgan fingerprint density at radius 1 is 0.870 bits per heavy atom. The molecule has 0 aliphatic carbocycles. The fourth-order valence-corrected chi connectivity index (χ4v) is 2.00. The Morgan fingerprint density at radius 3 is 1.87 bits per heavy atom. The summed E-state index contributed by atoms with van der Waals surface area (Å²) in [6.07, 6.45) is 0.0943. The van der Waals surface area contributed by atoms with Gasteiger partial charge in [0.1, 0.15) is 5.75 Å². The van der Waals surface area contributed by atoms with Gasteiger partial charge in [-0.3, -0.25) is 9.59 Å². The van der Waals surface area contributed by atoms with Crippen molar-refractivity contribution in [3.05, 3.63) is 54.1 Å². The second-order valence-electron chi connectivity index (χ2n) is 5.40. The minimum absolute atomic E-state index is 0.0943. The van der Waals surface area contributed by atoms with Crippen LogP contribution in [0.2, 0.25) is 0 Å². The summed E-state index contributed by atoms with van der Waals surface area (Å²) in [6, 6.07) is 13.9. The molecule has 2 aromatic carbocycles. The third-order valence-electron chi connectivity index (χ3n) is 2.95. The number of carbonyl (C=O) groups excluding carboxylic acids is 2. The Labute approximate surface area is 135 Å². The van der Waals surface area contributed by atoms with Crippen LogP contribution in [0.5, 0.6) is 5.75 Å². The van der Waals surface area contributed by atoms with E-state index in [4.69, 9.17) is 4.74 Å². The Morgan fingerprint density at radius 2 is 1.39 bits per heavy atom. The average Bonchev–Trinajstić information content (AvgIpc) is 2.49. The van der Waals surface area contributed by atoms with Gasteiger partial charge in [-0.2, -0.15) is 0 Å². The molecule has 0 spiro atoms. The van der Waals surface area contributed by atoms with Crippen molar-refractivity contribution >= 4 is 23.2 Å².